The van der Waals surface area contributed by atoms with Gasteiger partial charge in [-0.3, -0.25) is 0 Å². The van der Waals surface area contributed by atoms with E-state index in [1.807, 2.05) is 25.1 Å². The average molecular weight is 357 g/mol. The lowest BCUT2D eigenvalue weighted by Crippen LogP contribution is -2.39. The molecule has 4 heteroatoms. The standard InChI is InChI=1S/C16H16BrClFN/c1-2-16(20,13-5-3-4-6-15(13)19)10-11-7-8-12(17)9-14(11)18/h3-9H,2,10,20H2,1H3. The maximum Gasteiger partial charge on any atom is 0.128 e. The summed E-state index contributed by atoms with van der Waals surface area (Å²) < 4.78 is 14.9. The minimum absolute atomic E-state index is 0.273. The molecule has 2 aromatic rings. The van der Waals surface area contributed by atoms with Crippen molar-refractivity contribution in [2.45, 2.75) is 25.3 Å². The number of benzene rings is 2. The summed E-state index contributed by atoms with van der Waals surface area (Å²) >= 11 is 9.61. The van der Waals surface area contributed by atoms with E-state index < -0.39 is 5.54 Å². The number of hydrogen-bond donors (Lipinski definition) is 1. The van der Waals surface area contributed by atoms with Crippen LogP contribution >= 0.6 is 27.5 Å². The highest BCUT2D eigenvalue weighted by Crippen LogP contribution is 2.32. The highest BCUT2D eigenvalue weighted by molar-refractivity contribution is 9.10. The molecule has 2 rings (SSSR count). The van der Waals surface area contributed by atoms with E-state index in [1.54, 1.807) is 18.2 Å². The van der Waals surface area contributed by atoms with Crippen molar-refractivity contribution in [2.24, 2.45) is 5.73 Å². The molecule has 0 spiro atoms. The Bertz CT molecular complexity index is 617. The Balaban J connectivity index is 2.39. The third kappa shape index (κ3) is 3.22. The smallest absolute Gasteiger partial charge is 0.128 e. The maximum atomic E-state index is 14.0. The van der Waals surface area contributed by atoms with Gasteiger partial charge in [0.15, 0.2) is 0 Å². The van der Waals surface area contributed by atoms with Crippen LogP contribution in [0.2, 0.25) is 5.02 Å². The van der Waals surface area contributed by atoms with Crippen molar-refractivity contribution >= 4 is 27.5 Å². The zero-order valence-electron chi connectivity index (χ0n) is 11.2. The second-order valence-corrected chi connectivity index (χ2v) is 6.22. The zero-order valence-corrected chi connectivity index (χ0v) is 13.5. The van der Waals surface area contributed by atoms with E-state index in [0.29, 0.717) is 23.4 Å². The van der Waals surface area contributed by atoms with Gasteiger partial charge in [-0.1, -0.05) is 58.7 Å². The molecule has 1 atom stereocenters. The molecular weight excluding hydrogens is 341 g/mol. The van der Waals surface area contributed by atoms with Gasteiger partial charge in [-0.15, -0.1) is 0 Å². The lowest BCUT2D eigenvalue weighted by molar-refractivity contribution is 0.403. The van der Waals surface area contributed by atoms with E-state index in [2.05, 4.69) is 15.9 Å². The fourth-order valence-electron chi connectivity index (χ4n) is 2.28. The number of hydrogen-bond acceptors (Lipinski definition) is 1. The Morgan fingerprint density at radius 1 is 1.25 bits per heavy atom. The zero-order chi connectivity index (χ0) is 14.8. The maximum absolute atomic E-state index is 14.0. The Hall–Kier alpha value is -0.900. The topological polar surface area (TPSA) is 26.0 Å². The van der Waals surface area contributed by atoms with Crippen molar-refractivity contribution in [2.75, 3.05) is 0 Å². The van der Waals surface area contributed by atoms with E-state index >= 15 is 0 Å². The van der Waals surface area contributed by atoms with Crippen LogP contribution in [0, 0.1) is 5.82 Å². The second kappa shape index (κ2) is 6.25. The fraction of sp³-hybridized carbons (Fsp3) is 0.250. The molecule has 0 fully saturated rings. The van der Waals surface area contributed by atoms with Gasteiger partial charge in [-0.2, -0.15) is 0 Å². The van der Waals surface area contributed by atoms with Crippen LogP contribution in [0.25, 0.3) is 0 Å². The highest BCUT2D eigenvalue weighted by Gasteiger charge is 2.29. The van der Waals surface area contributed by atoms with Gasteiger partial charge in [0.05, 0.1) is 0 Å². The van der Waals surface area contributed by atoms with E-state index in [4.69, 9.17) is 17.3 Å². The van der Waals surface area contributed by atoms with Crippen LogP contribution in [0.3, 0.4) is 0 Å². The minimum atomic E-state index is -0.761. The van der Waals surface area contributed by atoms with E-state index in [9.17, 15) is 4.39 Å². The molecule has 1 nitrogen and oxygen atoms in total. The van der Waals surface area contributed by atoms with Crippen LogP contribution in [0.1, 0.15) is 24.5 Å². The van der Waals surface area contributed by atoms with Gasteiger partial charge in [0.2, 0.25) is 0 Å². The van der Waals surface area contributed by atoms with Crippen LogP contribution in [0.5, 0.6) is 0 Å². The summed E-state index contributed by atoms with van der Waals surface area (Å²) in [6, 6.07) is 12.3. The van der Waals surface area contributed by atoms with E-state index in [0.717, 1.165) is 10.0 Å². The first kappa shape index (κ1) is 15.5. The number of rotatable bonds is 4. The monoisotopic (exact) mass is 355 g/mol. The van der Waals surface area contributed by atoms with Gasteiger partial charge < -0.3 is 5.73 Å². The largest absolute Gasteiger partial charge is 0.321 e. The van der Waals surface area contributed by atoms with Crippen molar-refractivity contribution in [3.63, 3.8) is 0 Å². The second-order valence-electron chi connectivity index (χ2n) is 4.90. The first-order chi connectivity index (χ1) is 9.46. The Morgan fingerprint density at radius 3 is 2.55 bits per heavy atom. The Kier molecular flexibility index (Phi) is 4.84. The molecule has 0 bridgehead atoms. The van der Waals surface area contributed by atoms with Crippen LogP contribution < -0.4 is 5.73 Å². The molecule has 2 aromatic carbocycles. The third-order valence-corrected chi connectivity index (χ3v) is 4.41. The molecule has 0 aromatic heterocycles. The summed E-state index contributed by atoms with van der Waals surface area (Å²) in [5.41, 5.74) is 7.14. The lowest BCUT2D eigenvalue weighted by Gasteiger charge is -2.29. The summed E-state index contributed by atoms with van der Waals surface area (Å²) in [5, 5.41) is 0.638. The predicted molar refractivity (Wildman–Crippen MR) is 85.4 cm³/mol. The van der Waals surface area contributed by atoms with Gasteiger partial charge in [0, 0.05) is 20.6 Å². The van der Waals surface area contributed by atoms with Crippen molar-refractivity contribution in [1.29, 1.82) is 0 Å². The Morgan fingerprint density at radius 2 is 1.95 bits per heavy atom. The summed E-state index contributed by atoms with van der Waals surface area (Å²) in [6.45, 7) is 1.96. The van der Waals surface area contributed by atoms with Gasteiger partial charge in [-0.25, -0.2) is 4.39 Å². The van der Waals surface area contributed by atoms with Crippen molar-refractivity contribution in [1.82, 2.24) is 0 Å². The number of nitrogens with two attached hydrogens (primary N) is 1. The summed E-state index contributed by atoms with van der Waals surface area (Å²) in [5.74, 6) is -0.273. The molecule has 1 unspecified atom stereocenters. The molecule has 106 valence electrons. The van der Waals surface area contributed by atoms with Crippen LogP contribution in [-0.2, 0) is 12.0 Å². The molecule has 0 aliphatic rings. The molecule has 0 radical (unpaired) electrons. The normalized spacial score (nSPS) is 14.1. The Labute approximate surface area is 132 Å². The fourth-order valence-corrected chi connectivity index (χ4v) is 3.02. The van der Waals surface area contributed by atoms with E-state index in [1.165, 1.54) is 6.07 Å². The van der Waals surface area contributed by atoms with Crippen molar-refractivity contribution in [3.8, 4) is 0 Å². The van der Waals surface area contributed by atoms with Crippen LogP contribution in [-0.4, -0.2) is 0 Å². The summed E-state index contributed by atoms with van der Waals surface area (Å²) in [4.78, 5) is 0. The molecule has 0 saturated carbocycles. The molecule has 0 aliphatic carbocycles. The predicted octanol–water partition coefficient (Wildman–Crippen LogP) is 5.05. The first-order valence-electron chi connectivity index (χ1n) is 6.44. The molecule has 0 amide bonds. The summed E-state index contributed by atoms with van der Waals surface area (Å²) in [6.07, 6.45) is 1.12. The molecule has 0 heterocycles. The molecule has 2 N–H and O–H groups in total. The lowest BCUT2D eigenvalue weighted by atomic mass is 9.82. The molecule has 0 aliphatic heterocycles. The molecule has 0 saturated heterocycles. The number of halogens is 3. The highest BCUT2D eigenvalue weighted by atomic mass is 79.9. The van der Waals surface area contributed by atoms with Crippen LogP contribution in [0.4, 0.5) is 4.39 Å². The molecule has 20 heavy (non-hydrogen) atoms. The first-order valence-corrected chi connectivity index (χ1v) is 7.61. The average Bonchev–Trinajstić information content (AvgIpc) is 2.42. The van der Waals surface area contributed by atoms with Gasteiger partial charge in [-0.05, 0) is 36.6 Å². The van der Waals surface area contributed by atoms with Crippen LogP contribution in [0.15, 0.2) is 46.9 Å². The van der Waals surface area contributed by atoms with Gasteiger partial charge >= 0.3 is 0 Å². The van der Waals surface area contributed by atoms with Gasteiger partial charge in [0.1, 0.15) is 5.82 Å². The minimum Gasteiger partial charge on any atom is -0.321 e. The summed E-state index contributed by atoms with van der Waals surface area (Å²) in [7, 11) is 0. The van der Waals surface area contributed by atoms with Crippen molar-refractivity contribution < 1.29 is 4.39 Å². The van der Waals surface area contributed by atoms with Gasteiger partial charge in [0.25, 0.3) is 0 Å². The van der Waals surface area contributed by atoms with E-state index in [-0.39, 0.29) is 5.82 Å². The quantitative estimate of drug-likeness (QED) is 0.815. The SMILES string of the molecule is CCC(N)(Cc1ccc(Br)cc1Cl)c1ccccc1F. The van der Waals surface area contributed by atoms with Crippen molar-refractivity contribution in [3.05, 3.63) is 68.9 Å². The molecular formula is C16H16BrClFN. The third-order valence-electron chi connectivity index (χ3n) is 3.56.